The van der Waals surface area contributed by atoms with Crippen LogP contribution in [0.1, 0.15) is 52.6 Å². The van der Waals surface area contributed by atoms with E-state index >= 15 is 0 Å². The monoisotopic (exact) mass is 293 g/mol. The molecule has 118 valence electrons. The van der Waals surface area contributed by atoms with Gasteiger partial charge in [0, 0.05) is 11.6 Å². The summed E-state index contributed by atoms with van der Waals surface area (Å²) in [7, 11) is 0. The number of aliphatic carboxylic acids is 1. The zero-order chi connectivity index (χ0) is 16.0. The third kappa shape index (κ3) is 5.38. The Morgan fingerprint density at radius 3 is 2.29 bits per heavy atom. The van der Waals surface area contributed by atoms with E-state index in [1.54, 1.807) is 0 Å². The topological polar surface area (TPSA) is 49.8 Å². The average molecular weight is 293 g/mol. The van der Waals surface area contributed by atoms with E-state index in [1.165, 1.54) is 0 Å². The molecule has 0 amide bonds. The van der Waals surface area contributed by atoms with Gasteiger partial charge in [0.2, 0.25) is 0 Å². The van der Waals surface area contributed by atoms with E-state index in [2.05, 4.69) is 6.92 Å². The van der Waals surface area contributed by atoms with Gasteiger partial charge in [0.1, 0.15) is 5.75 Å². The number of nitrogens with zero attached hydrogens (tertiary/aromatic N) is 1. The van der Waals surface area contributed by atoms with Crippen LogP contribution in [-0.4, -0.2) is 34.7 Å². The lowest BCUT2D eigenvalue weighted by molar-refractivity contribution is -0.140. The molecule has 0 aliphatic carbocycles. The van der Waals surface area contributed by atoms with Gasteiger partial charge in [0.25, 0.3) is 0 Å². The zero-order valence-corrected chi connectivity index (χ0v) is 13.7. The molecule has 21 heavy (non-hydrogen) atoms. The van der Waals surface area contributed by atoms with Crippen molar-refractivity contribution < 1.29 is 14.6 Å². The highest BCUT2D eigenvalue weighted by molar-refractivity contribution is 5.69. The number of carboxylic acids is 1. The first-order valence-corrected chi connectivity index (χ1v) is 7.47. The summed E-state index contributed by atoms with van der Waals surface area (Å²) in [6.07, 6.45) is 0.981. The van der Waals surface area contributed by atoms with Crippen LogP contribution >= 0.6 is 0 Å². The van der Waals surface area contributed by atoms with E-state index in [1.807, 2.05) is 56.9 Å². The molecule has 1 atom stereocenters. The van der Waals surface area contributed by atoms with Crippen molar-refractivity contribution in [1.82, 2.24) is 4.90 Å². The van der Waals surface area contributed by atoms with Crippen LogP contribution in [0.5, 0.6) is 5.75 Å². The van der Waals surface area contributed by atoms with Gasteiger partial charge in [-0.2, -0.15) is 0 Å². The smallest absolute Gasteiger partial charge is 0.317 e. The Morgan fingerprint density at radius 1 is 1.29 bits per heavy atom. The molecule has 1 unspecified atom stereocenters. The van der Waals surface area contributed by atoms with E-state index in [0.29, 0.717) is 6.61 Å². The van der Waals surface area contributed by atoms with Crippen molar-refractivity contribution in [1.29, 1.82) is 0 Å². The number of carboxylic acid groups (broad SMARTS) is 1. The van der Waals surface area contributed by atoms with Gasteiger partial charge in [-0.05, 0) is 51.8 Å². The molecule has 0 aromatic heterocycles. The first kappa shape index (κ1) is 17.5. The Morgan fingerprint density at radius 2 is 1.86 bits per heavy atom. The second-order valence-electron chi connectivity index (χ2n) is 6.29. The lowest BCUT2D eigenvalue weighted by Gasteiger charge is -2.39. The predicted molar refractivity (Wildman–Crippen MR) is 84.7 cm³/mol. The number of hydrogen-bond donors (Lipinski definition) is 1. The molecule has 0 fully saturated rings. The third-order valence-corrected chi connectivity index (χ3v) is 3.47. The molecular formula is C17H27NO3. The molecule has 0 saturated carbocycles. The van der Waals surface area contributed by atoms with Crippen molar-refractivity contribution in [2.24, 2.45) is 0 Å². The van der Waals surface area contributed by atoms with E-state index < -0.39 is 5.97 Å². The maximum absolute atomic E-state index is 11.1. The van der Waals surface area contributed by atoms with Gasteiger partial charge in [0.15, 0.2) is 0 Å². The van der Waals surface area contributed by atoms with Crippen LogP contribution in [0, 0.1) is 0 Å². The van der Waals surface area contributed by atoms with Crippen molar-refractivity contribution >= 4 is 5.97 Å². The van der Waals surface area contributed by atoms with E-state index in [9.17, 15) is 4.79 Å². The highest BCUT2D eigenvalue weighted by Crippen LogP contribution is 2.28. The van der Waals surface area contributed by atoms with E-state index in [-0.39, 0.29) is 18.1 Å². The Bertz CT molecular complexity index is 448. The summed E-state index contributed by atoms with van der Waals surface area (Å²) in [5, 5.41) is 9.12. The first-order valence-electron chi connectivity index (χ1n) is 7.47. The van der Waals surface area contributed by atoms with Crippen LogP contribution in [0.2, 0.25) is 0 Å². The Hall–Kier alpha value is -1.55. The van der Waals surface area contributed by atoms with Gasteiger partial charge < -0.3 is 9.84 Å². The number of ether oxygens (including phenoxy) is 1. The minimum Gasteiger partial charge on any atom is -0.494 e. The molecule has 1 aromatic carbocycles. The fraction of sp³-hybridized carbons (Fsp3) is 0.588. The molecule has 0 heterocycles. The van der Waals surface area contributed by atoms with Crippen molar-refractivity contribution in [3.8, 4) is 5.75 Å². The summed E-state index contributed by atoms with van der Waals surface area (Å²) in [5.41, 5.74) is 0.880. The third-order valence-electron chi connectivity index (χ3n) is 3.47. The van der Waals surface area contributed by atoms with Crippen molar-refractivity contribution in [2.45, 2.75) is 52.6 Å². The standard InChI is InChI=1S/C17H27NO3/c1-6-11-21-15-9-7-14(8-10-15)13(2)18(12-16(19)20)17(3,4)5/h7-10,13H,6,11-12H2,1-5H3,(H,19,20). The van der Waals surface area contributed by atoms with Crippen LogP contribution in [-0.2, 0) is 4.79 Å². The summed E-state index contributed by atoms with van der Waals surface area (Å²) in [5.74, 6) is 0.0491. The molecule has 0 radical (unpaired) electrons. The lowest BCUT2D eigenvalue weighted by Crippen LogP contribution is -2.45. The fourth-order valence-corrected chi connectivity index (χ4v) is 2.34. The molecule has 0 spiro atoms. The van der Waals surface area contributed by atoms with E-state index in [4.69, 9.17) is 9.84 Å². The highest BCUT2D eigenvalue weighted by atomic mass is 16.5. The molecule has 1 N–H and O–H groups in total. The average Bonchev–Trinajstić information content (AvgIpc) is 2.41. The van der Waals surface area contributed by atoms with Crippen molar-refractivity contribution in [3.63, 3.8) is 0 Å². The van der Waals surface area contributed by atoms with Gasteiger partial charge >= 0.3 is 5.97 Å². The number of hydrogen-bond acceptors (Lipinski definition) is 3. The zero-order valence-electron chi connectivity index (χ0n) is 13.7. The van der Waals surface area contributed by atoms with Crippen LogP contribution in [0.3, 0.4) is 0 Å². The molecule has 0 bridgehead atoms. The second-order valence-corrected chi connectivity index (χ2v) is 6.29. The minimum absolute atomic E-state index is 0.0265. The quantitative estimate of drug-likeness (QED) is 0.832. The van der Waals surface area contributed by atoms with Crippen molar-refractivity contribution in [2.75, 3.05) is 13.2 Å². The summed E-state index contributed by atoms with van der Waals surface area (Å²) in [4.78, 5) is 13.1. The van der Waals surface area contributed by atoms with Crippen LogP contribution in [0.4, 0.5) is 0 Å². The molecule has 4 nitrogen and oxygen atoms in total. The highest BCUT2D eigenvalue weighted by Gasteiger charge is 2.28. The van der Waals surface area contributed by atoms with Gasteiger partial charge in [-0.15, -0.1) is 0 Å². The molecule has 1 aromatic rings. The molecule has 4 heteroatoms. The van der Waals surface area contributed by atoms with E-state index in [0.717, 1.165) is 17.7 Å². The van der Waals surface area contributed by atoms with Crippen LogP contribution in [0.15, 0.2) is 24.3 Å². The molecule has 0 aliphatic heterocycles. The molecule has 0 saturated heterocycles. The fourth-order valence-electron chi connectivity index (χ4n) is 2.34. The van der Waals surface area contributed by atoms with Gasteiger partial charge in [-0.3, -0.25) is 9.69 Å². The van der Waals surface area contributed by atoms with Gasteiger partial charge in [0.05, 0.1) is 13.2 Å². The normalized spacial score (nSPS) is 13.2. The van der Waals surface area contributed by atoms with Gasteiger partial charge in [-0.1, -0.05) is 19.1 Å². The van der Waals surface area contributed by atoms with Crippen molar-refractivity contribution in [3.05, 3.63) is 29.8 Å². The summed E-state index contributed by atoms with van der Waals surface area (Å²) in [6, 6.07) is 7.94. The largest absolute Gasteiger partial charge is 0.494 e. The predicted octanol–water partition coefficient (Wildman–Crippen LogP) is 3.72. The van der Waals surface area contributed by atoms with Gasteiger partial charge in [-0.25, -0.2) is 0 Å². The minimum atomic E-state index is -0.806. The van der Waals surface area contributed by atoms with Crippen LogP contribution in [0.25, 0.3) is 0 Å². The summed E-state index contributed by atoms with van der Waals surface area (Å²) >= 11 is 0. The maximum Gasteiger partial charge on any atom is 0.317 e. The SMILES string of the molecule is CCCOc1ccc(C(C)N(CC(=O)O)C(C)(C)C)cc1. The Labute approximate surface area is 127 Å². The number of rotatable bonds is 7. The first-order chi connectivity index (χ1) is 9.75. The Kier molecular flexibility index (Phi) is 6.21. The number of carbonyl (C=O) groups is 1. The lowest BCUT2D eigenvalue weighted by atomic mass is 9.99. The molecule has 0 aliphatic rings. The summed E-state index contributed by atoms with van der Waals surface area (Å²) < 4.78 is 5.57. The Balaban J connectivity index is 2.88. The maximum atomic E-state index is 11.1. The van der Waals surface area contributed by atoms with Crippen LogP contribution < -0.4 is 4.74 Å². The number of benzene rings is 1. The summed E-state index contributed by atoms with van der Waals surface area (Å²) in [6.45, 7) is 10.9. The molecular weight excluding hydrogens is 266 g/mol. The second kappa shape index (κ2) is 7.46. The molecule has 1 rings (SSSR count).